The Labute approximate surface area is 172 Å². The van der Waals surface area contributed by atoms with Crippen LogP contribution < -0.4 is 10.2 Å². The minimum absolute atomic E-state index is 0.649. The Morgan fingerprint density at radius 2 is 1.79 bits per heavy atom. The molecule has 1 aliphatic rings. The van der Waals surface area contributed by atoms with E-state index in [4.69, 9.17) is 16.3 Å². The van der Waals surface area contributed by atoms with Crippen LogP contribution in [0.2, 0.25) is 5.02 Å². The predicted octanol–water partition coefficient (Wildman–Crippen LogP) is 4.05. The van der Waals surface area contributed by atoms with Gasteiger partial charge >= 0.3 is 0 Å². The van der Waals surface area contributed by atoms with Crippen LogP contribution in [0.1, 0.15) is 0 Å². The number of fused-ring (bicyclic) bond motifs is 1. The first kappa shape index (κ1) is 17.9. The highest BCUT2D eigenvalue weighted by Crippen LogP contribution is 2.27. The van der Waals surface area contributed by atoms with Crippen LogP contribution in [0, 0.1) is 0 Å². The number of hydrogen-bond acceptors (Lipinski definition) is 6. The van der Waals surface area contributed by atoms with Gasteiger partial charge in [0, 0.05) is 29.5 Å². The van der Waals surface area contributed by atoms with Crippen molar-refractivity contribution in [2.24, 2.45) is 0 Å². The normalized spacial score (nSPS) is 14.3. The fourth-order valence-electron chi connectivity index (χ4n) is 3.47. The maximum absolute atomic E-state index is 6.16. The number of aromatic nitrogens is 4. The van der Waals surface area contributed by atoms with Crippen molar-refractivity contribution in [3.63, 3.8) is 0 Å². The van der Waals surface area contributed by atoms with E-state index >= 15 is 0 Å². The Morgan fingerprint density at radius 1 is 0.966 bits per heavy atom. The molecule has 2 aromatic carbocycles. The van der Waals surface area contributed by atoms with Crippen LogP contribution in [-0.4, -0.2) is 46.1 Å². The average molecular weight is 407 g/mol. The van der Waals surface area contributed by atoms with E-state index in [1.807, 2.05) is 24.3 Å². The predicted molar refractivity (Wildman–Crippen MR) is 114 cm³/mol. The summed E-state index contributed by atoms with van der Waals surface area (Å²) in [7, 11) is 0. The van der Waals surface area contributed by atoms with E-state index in [-0.39, 0.29) is 0 Å². The lowest BCUT2D eigenvalue weighted by Gasteiger charge is -2.28. The van der Waals surface area contributed by atoms with Crippen molar-refractivity contribution in [2.75, 3.05) is 36.5 Å². The van der Waals surface area contributed by atoms with E-state index < -0.39 is 0 Å². The molecule has 1 N–H and O–H groups in total. The SMILES string of the molecule is Clc1cccc(-n2ncc3ncnc(Nc4ccc(N5CCOCC5)cc4)c32)c1. The van der Waals surface area contributed by atoms with E-state index in [9.17, 15) is 0 Å². The second-order valence-electron chi connectivity index (χ2n) is 6.76. The maximum Gasteiger partial charge on any atom is 0.160 e. The molecule has 1 saturated heterocycles. The molecule has 0 bridgehead atoms. The van der Waals surface area contributed by atoms with Crippen molar-refractivity contribution in [3.05, 3.63) is 66.1 Å². The highest BCUT2D eigenvalue weighted by Gasteiger charge is 2.14. The lowest BCUT2D eigenvalue weighted by molar-refractivity contribution is 0.122. The summed E-state index contributed by atoms with van der Waals surface area (Å²) in [4.78, 5) is 11.1. The molecular formula is C21H19ClN6O. The summed E-state index contributed by atoms with van der Waals surface area (Å²) in [6.07, 6.45) is 3.27. The van der Waals surface area contributed by atoms with Crippen molar-refractivity contribution in [3.8, 4) is 5.69 Å². The third-order valence-corrected chi connectivity index (χ3v) is 5.15. The molecule has 5 rings (SSSR count). The van der Waals surface area contributed by atoms with Gasteiger partial charge in [0.05, 0.1) is 25.1 Å². The van der Waals surface area contributed by atoms with Crippen LogP contribution in [0.4, 0.5) is 17.2 Å². The molecule has 0 radical (unpaired) electrons. The fraction of sp³-hybridized carbons (Fsp3) is 0.190. The van der Waals surface area contributed by atoms with Gasteiger partial charge in [0.25, 0.3) is 0 Å². The molecule has 7 nitrogen and oxygen atoms in total. The van der Waals surface area contributed by atoms with Crippen LogP contribution >= 0.6 is 11.6 Å². The second-order valence-corrected chi connectivity index (χ2v) is 7.20. The summed E-state index contributed by atoms with van der Waals surface area (Å²) >= 11 is 6.16. The molecule has 1 fully saturated rings. The highest BCUT2D eigenvalue weighted by molar-refractivity contribution is 6.30. The van der Waals surface area contributed by atoms with E-state index in [1.165, 1.54) is 12.0 Å². The lowest BCUT2D eigenvalue weighted by atomic mass is 10.2. The van der Waals surface area contributed by atoms with Crippen molar-refractivity contribution < 1.29 is 4.74 Å². The third kappa shape index (κ3) is 3.62. The molecule has 8 heteroatoms. The van der Waals surface area contributed by atoms with Gasteiger partial charge in [0.15, 0.2) is 5.82 Å². The van der Waals surface area contributed by atoms with E-state index in [2.05, 4.69) is 49.5 Å². The summed E-state index contributed by atoms with van der Waals surface area (Å²) in [5, 5.41) is 8.53. The zero-order valence-corrected chi connectivity index (χ0v) is 16.4. The van der Waals surface area contributed by atoms with Crippen LogP contribution in [-0.2, 0) is 4.74 Å². The molecule has 0 aliphatic carbocycles. The minimum Gasteiger partial charge on any atom is -0.378 e. The molecule has 0 amide bonds. The Kier molecular flexibility index (Phi) is 4.75. The van der Waals surface area contributed by atoms with Crippen molar-refractivity contribution >= 4 is 39.8 Å². The first-order valence-electron chi connectivity index (χ1n) is 9.42. The Balaban J connectivity index is 1.47. The minimum atomic E-state index is 0.649. The van der Waals surface area contributed by atoms with Gasteiger partial charge in [-0.1, -0.05) is 17.7 Å². The van der Waals surface area contributed by atoms with E-state index in [0.717, 1.165) is 48.7 Å². The van der Waals surface area contributed by atoms with Crippen molar-refractivity contribution in [1.82, 2.24) is 19.7 Å². The number of nitrogens with one attached hydrogen (secondary N) is 1. The van der Waals surface area contributed by atoms with Gasteiger partial charge in [0.1, 0.15) is 17.4 Å². The zero-order chi connectivity index (χ0) is 19.6. The molecule has 0 spiro atoms. The standard InChI is InChI=1S/C21H19ClN6O/c22-15-2-1-3-18(12-15)28-20-19(13-25-28)23-14-24-21(20)26-16-4-6-17(7-5-16)27-8-10-29-11-9-27/h1-7,12-14H,8-11H2,(H,23,24,26). The van der Waals surface area contributed by atoms with Crippen molar-refractivity contribution in [2.45, 2.75) is 0 Å². The largest absolute Gasteiger partial charge is 0.378 e. The fourth-order valence-corrected chi connectivity index (χ4v) is 3.66. The molecule has 29 heavy (non-hydrogen) atoms. The highest BCUT2D eigenvalue weighted by atomic mass is 35.5. The van der Waals surface area contributed by atoms with Gasteiger partial charge in [-0.25, -0.2) is 14.6 Å². The van der Waals surface area contributed by atoms with Crippen LogP contribution in [0.15, 0.2) is 61.1 Å². The smallest absolute Gasteiger partial charge is 0.160 e. The lowest BCUT2D eigenvalue weighted by Crippen LogP contribution is -2.36. The Bertz CT molecular complexity index is 1140. The number of rotatable bonds is 4. The number of benzene rings is 2. The van der Waals surface area contributed by atoms with E-state index in [1.54, 1.807) is 10.9 Å². The molecule has 0 unspecified atom stereocenters. The summed E-state index contributed by atoms with van der Waals surface area (Å²) in [5.41, 5.74) is 4.55. The van der Waals surface area contributed by atoms with E-state index in [0.29, 0.717) is 10.8 Å². The summed E-state index contributed by atoms with van der Waals surface area (Å²) in [6.45, 7) is 3.37. The van der Waals surface area contributed by atoms with Gasteiger partial charge in [-0.05, 0) is 42.5 Å². The topological polar surface area (TPSA) is 68.1 Å². The molecular weight excluding hydrogens is 388 g/mol. The molecule has 146 valence electrons. The van der Waals surface area contributed by atoms with Gasteiger partial charge < -0.3 is 15.0 Å². The number of morpholine rings is 1. The van der Waals surface area contributed by atoms with Crippen LogP contribution in [0.3, 0.4) is 0 Å². The second kappa shape index (κ2) is 7.69. The quantitative estimate of drug-likeness (QED) is 0.551. The molecule has 2 aromatic heterocycles. The summed E-state index contributed by atoms with van der Waals surface area (Å²) in [6, 6.07) is 15.9. The zero-order valence-electron chi connectivity index (χ0n) is 15.6. The molecule has 1 aliphatic heterocycles. The average Bonchev–Trinajstić information content (AvgIpc) is 3.20. The number of nitrogens with zero attached hydrogens (tertiary/aromatic N) is 5. The molecule has 3 heterocycles. The van der Waals surface area contributed by atoms with Gasteiger partial charge in [-0.2, -0.15) is 5.10 Å². The van der Waals surface area contributed by atoms with Crippen molar-refractivity contribution in [1.29, 1.82) is 0 Å². The number of ether oxygens (including phenoxy) is 1. The third-order valence-electron chi connectivity index (χ3n) is 4.92. The van der Waals surface area contributed by atoms with Crippen LogP contribution in [0.5, 0.6) is 0 Å². The van der Waals surface area contributed by atoms with Crippen LogP contribution in [0.25, 0.3) is 16.7 Å². The van der Waals surface area contributed by atoms with Gasteiger partial charge in [-0.15, -0.1) is 0 Å². The summed E-state index contributed by atoms with van der Waals surface area (Å²) < 4.78 is 7.22. The molecule has 0 atom stereocenters. The Hall–Kier alpha value is -3.16. The molecule has 4 aromatic rings. The number of halogens is 1. The monoisotopic (exact) mass is 406 g/mol. The summed E-state index contributed by atoms with van der Waals surface area (Å²) in [5.74, 6) is 0.687. The first-order valence-corrected chi connectivity index (χ1v) is 9.80. The number of anilines is 3. The maximum atomic E-state index is 6.16. The van der Waals surface area contributed by atoms with Gasteiger partial charge in [-0.3, -0.25) is 0 Å². The first-order chi connectivity index (χ1) is 14.3. The number of hydrogen-bond donors (Lipinski definition) is 1. The van der Waals surface area contributed by atoms with Gasteiger partial charge in [0.2, 0.25) is 0 Å². The Morgan fingerprint density at radius 3 is 2.59 bits per heavy atom. The molecule has 0 saturated carbocycles.